The SMILES string of the molecule is O=C(O)NC1CCCN(c2ccc(Nc3c(C(=O)C4CC4)cnc4ccc(Cl)nc34)cn2)C1. The fraction of sp³-hybridized carbons (Fsp3) is 0.348. The van der Waals surface area contributed by atoms with Crippen molar-refractivity contribution in [3.8, 4) is 0 Å². The molecule has 4 heterocycles. The van der Waals surface area contributed by atoms with E-state index in [0.717, 1.165) is 38.0 Å². The molecule has 5 rings (SSSR count). The average Bonchev–Trinajstić information content (AvgIpc) is 3.65. The van der Waals surface area contributed by atoms with Crippen LogP contribution < -0.4 is 15.5 Å². The zero-order valence-electron chi connectivity index (χ0n) is 17.8. The minimum atomic E-state index is -1.01. The van der Waals surface area contributed by atoms with Crippen LogP contribution in [0.4, 0.5) is 22.0 Å². The predicted molar refractivity (Wildman–Crippen MR) is 126 cm³/mol. The molecule has 170 valence electrons. The van der Waals surface area contributed by atoms with Gasteiger partial charge >= 0.3 is 6.09 Å². The first-order valence-electron chi connectivity index (χ1n) is 10.9. The van der Waals surface area contributed by atoms with E-state index < -0.39 is 6.09 Å². The summed E-state index contributed by atoms with van der Waals surface area (Å²) >= 11 is 6.14. The van der Waals surface area contributed by atoms with Gasteiger partial charge < -0.3 is 20.6 Å². The van der Waals surface area contributed by atoms with Crippen LogP contribution in [0.1, 0.15) is 36.0 Å². The fourth-order valence-electron chi connectivity index (χ4n) is 4.19. The molecular weight excluding hydrogens is 444 g/mol. The monoisotopic (exact) mass is 466 g/mol. The summed E-state index contributed by atoms with van der Waals surface area (Å²) in [6.45, 7) is 1.39. The second-order valence-corrected chi connectivity index (χ2v) is 8.84. The van der Waals surface area contributed by atoms with Crippen molar-refractivity contribution in [3.05, 3.63) is 47.4 Å². The number of pyridine rings is 3. The van der Waals surface area contributed by atoms with Crippen molar-refractivity contribution in [2.24, 2.45) is 5.92 Å². The highest BCUT2D eigenvalue weighted by Gasteiger charge is 2.33. The van der Waals surface area contributed by atoms with Gasteiger partial charge in [-0.05, 0) is 49.9 Å². The molecule has 2 aliphatic rings. The number of Topliss-reactive ketones (excluding diaryl/α,β-unsaturated/α-hetero) is 1. The lowest BCUT2D eigenvalue weighted by Gasteiger charge is -2.33. The van der Waals surface area contributed by atoms with E-state index in [1.807, 2.05) is 12.1 Å². The third-order valence-corrected chi connectivity index (χ3v) is 6.19. The Balaban J connectivity index is 1.41. The number of fused-ring (bicyclic) bond motifs is 1. The van der Waals surface area contributed by atoms with Crippen molar-refractivity contribution in [1.29, 1.82) is 0 Å². The Labute approximate surface area is 195 Å². The van der Waals surface area contributed by atoms with Gasteiger partial charge in [-0.2, -0.15) is 0 Å². The van der Waals surface area contributed by atoms with Crippen molar-refractivity contribution >= 4 is 51.7 Å². The van der Waals surface area contributed by atoms with Gasteiger partial charge in [-0.1, -0.05) is 11.6 Å². The van der Waals surface area contributed by atoms with E-state index in [4.69, 9.17) is 16.7 Å². The third kappa shape index (κ3) is 4.68. The van der Waals surface area contributed by atoms with Crippen LogP contribution in [0.3, 0.4) is 0 Å². The highest BCUT2D eigenvalue weighted by atomic mass is 35.5. The van der Waals surface area contributed by atoms with Crippen molar-refractivity contribution in [3.63, 3.8) is 0 Å². The number of aromatic nitrogens is 3. The highest BCUT2D eigenvalue weighted by Crippen LogP contribution is 2.37. The first kappa shape index (κ1) is 21.4. The van der Waals surface area contributed by atoms with Crippen LogP contribution in [-0.4, -0.2) is 51.1 Å². The molecule has 3 aromatic rings. The molecule has 3 aromatic heterocycles. The molecule has 0 aromatic carbocycles. The van der Waals surface area contributed by atoms with Gasteiger partial charge in [0.05, 0.1) is 28.7 Å². The minimum absolute atomic E-state index is 0.0379. The first-order valence-corrected chi connectivity index (χ1v) is 11.3. The molecule has 1 atom stereocenters. The van der Waals surface area contributed by atoms with Crippen LogP contribution in [-0.2, 0) is 0 Å². The number of carboxylic acid groups (broad SMARTS) is 1. The summed E-state index contributed by atoms with van der Waals surface area (Å²) in [6, 6.07) is 7.10. The van der Waals surface area contributed by atoms with Gasteiger partial charge in [0.2, 0.25) is 0 Å². The van der Waals surface area contributed by atoms with Crippen LogP contribution in [0.2, 0.25) is 5.15 Å². The summed E-state index contributed by atoms with van der Waals surface area (Å²) in [7, 11) is 0. The molecule has 1 aliphatic carbocycles. The van der Waals surface area contributed by atoms with Gasteiger partial charge in [-0.15, -0.1) is 0 Å². The minimum Gasteiger partial charge on any atom is -0.465 e. The van der Waals surface area contributed by atoms with Gasteiger partial charge in [0, 0.05) is 31.2 Å². The largest absolute Gasteiger partial charge is 0.465 e. The summed E-state index contributed by atoms with van der Waals surface area (Å²) in [5.41, 5.74) is 2.97. The summed E-state index contributed by atoms with van der Waals surface area (Å²) in [5, 5.41) is 15.2. The van der Waals surface area contributed by atoms with E-state index >= 15 is 0 Å². The number of hydrogen-bond acceptors (Lipinski definition) is 7. The summed E-state index contributed by atoms with van der Waals surface area (Å²) in [6.07, 6.45) is 5.77. The Kier molecular flexibility index (Phi) is 5.72. The van der Waals surface area contributed by atoms with E-state index in [1.54, 1.807) is 24.5 Å². The number of ketones is 1. The van der Waals surface area contributed by atoms with Crippen molar-refractivity contribution in [1.82, 2.24) is 20.3 Å². The molecule has 0 bridgehead atoms. The predicted octanol–water partition coefficient (Wildman–Crippen LogP) is 4.25. The van der Waals surface area contributed by atoms with Crippen LogP contribution >= 0.6 is 11.6 Å². The van der Waals surface area contributed by atoms with Gasteiger partial charge in [0.1, 0.15) is 16.5 Å². The molecule has 1 amide bonds. The molecule has 2 fully saturated rings. The standard InChI is InChI=1S/C23H23ClN6O3/c24-18-7-6-17-21(29-18)20(16(11-25-17)22(31)13-3-4-13)27-14-5-8-19(26-10-14)30-9-1-2-15(12-30)28-23(32)33/h5-8,10-11,13,15,28H,1-4,9,12H2,(H,25,27)(H,32,33). The second-order valence-electron chi connectivity index (χ2n) is 8.45. The van der Waals surface area contributed by atoms with Gasteiger partial charge in [0.15, 0.2) is 5.78 Å². The highest BCUT2D eigenvalue weighted by molar-refractivity contribution is 6.30. The van der Waals surface area contributed by atoms with E-state index in [2.05, 4.69) is 30.5 Å². The molecule has 33 heavy (non-hydrogen) atoms. The Morgan fingerprint density at radius 1 is 1.09 bits per heavy atom. The van der Waals surface area contributed by atoms with Gasteiger partial charge in [0.25, 0.3) is 0 Å². The lowest BCUT2D eigenvalue weighted by molar-refractivity contribution is 0.0968. The number of carbonyl (C=O) groups is 2. The molecule has 3 N–H and O–H groups in total. The van der Waals surface area contributed by atoms with Crippen LogP contribution in [0.15, 0.2) is 36.7 Å². The molecule has 10 heteroatoms. The lowest BCUT2D eigenvalue weighted by atomic mass is 10.1. The molecule has 0 spiro atoms. The number of nitrogens with zero attached hydrogens (tertiary/aromatic N) is 4. The van der Waals surface area contributed by atoms with Crippen LogP contribution in [0.25, 0.3) is 11.0 Å². The molecule has 1 saturated carbocycles. The maximum Gasteiger partial charge on any atom is 0.404 e. The Morgan fingerprint density at radius 2 is 1.94 bits per heavy atom. The summed E-state index contributed by atoms with van der Waals surface area (Å²) in [4.78, 5) is 39.3. The number of carbonyl (C=O) groups excluding carboxylic acids is 1. The first-order chi connectivity index (χ1) is 16.0. The Hall–Kier alpha value is -3.46. The van der Waals surface area contributed by atoms with E-state index in [9.17, 15) is 9.59 Å². The van der Waals surface area contributed by atoms with E-state index in [0.29, 0.717) is 39.7 Å². The molecule has 1 unspecified atom stereocenters. The molecule has 9 nitrogen and oxygen atoms in total. The molecule has 1 saturated heterocycles. The number of anilines is 3. The van der Waals surface area contributed by atoms with Gasteiger partial charge in [-0.25, -0.2) is 14.8 Å². The van der Waals surface area contributed by atoms with Crippen molar-refractivity contribution in [2.45, 2.75) is 31.7 Å². The fourth-order valence-corrected chi connectivity index (χ4v) is 4.34. The van der Waals surface area contributed by atoms with Crippen molar-refractivity contribution < 1.29 is 14.7 Å². The normalized spacial score (nSPS) is 18.2. The maximum atomic E-state index is 12.9. The number of hydrogen-bond donors (Lipinski definition) is 3. The van der Waals surface area contributed by atoms with E-state index in [1.165, 1.54) is 0 Å². The third-order valence-electron chi connectivity index (χ3n) is 5.98. The Morgan fingerprint density at radius 3 is 2.67 bits per heavy atom. The number of halogens is 1. The number of nitrogens with one attached hydrogen (secondary N) is 2. The average molecular weight is 467 g/mol. The van der Waals surface area contributed by atoms with E-state index in [-0.39, 0.29) is 17.7 Å². The summed E-state index contributed by atoms with van der Waals surface area (Å²) < 4.78 is 0. The van der Waals surface area contributed by atoms with Crippen LogP contribution in [0, 0.1) is 5.92 Å². The lowest BCUT2D eigenvalue weighted by Crippen LogP contribution is -2.47. The quantitative estimate of drug-likeness (QED) is 0.364. The van der Waals surface area contributed by atoms with Crippen LogP contribution in [0.5, 0.6) is 0 Å². The number of rotatable bonds is 6. The topological polar surface area (TPSA) is 120 Å². The smallest absolute Gasteiger partial charge is 0.404 e. The number of amides is 1. The zero-order chi connectivity index (χ0) is 22.9. The Bertz CT molecular complexity index is 1210. The summed E-state index contributed by atoms with van der Waals surface area (Å²) in [5.74, 6) is 0.868. The molecule has 0 radical (unpaired) electrons. The van der Waals surface area contributed by atoms with Gasteiger partial charge in [-0.3, -0.25) is 9.78 Å². The zero-order valence-corrected chi connectivity index (χ0v) is 18.5. The second kappa shape index (κ2) is 8.82. The number of piperidine rings is 1. The maximum absolute atomic E-state index is 12.9. The van der Waals surface area contributed by atoms with Crippen molar-refractivity contribution in [2.75, 3.05) is 23.3 Å². The molecular formula is C23H23ClN6O3. The molecule has 1 aliphatic heterocycles.